The predicted octanol–water partition coefficient (Wildman–Crippen LogP) is 1.46. The molecule has 0 spiro atoms. The molecule has 1 atom stereocenters. The van der Waals surface area contributed by atoms with Gasteiger partial charge in [0.2, 0.25) is 5.12 Å². The minimum atomic E-state index is -0.338. The maximum atomic E-state index is 11.8. The normalized spacial score (nSPS) is 19.1. The summed E-state index contributed by atoms with van der Waals surface area (Å²) in [4.78, 5) is 23.2. The topological polar surface area (TPSA) is 55.4 Å². The summed E-state index contributed by atoms with van der Waals surface area (Å²) in [6, 6.07) is 6.47. The number of hydrogen-bond acceptors (Lipinski definition) is 4. The lowest BCUT2D eigenvalue weighted by atomic mass is 10.2. The van der Waals surface area contributed by atoms with Gasteiger partial charge in [0.05, 0.1) is 13.2 Å². The van der Waals surface area contributed by atoms with Gasteiger partial charge in [-0.3, -0.25) is 9.59 Å². The van der Waals surface area contributed by atoms with E-state index in [1.807, 2.05) is 0 Å². The molecule has 0 aromatic heterocycles. The predicted molar refractivity (Wildman–Crippen MR) is 66.3 cm³/mol. The first-order valence-electron chi connectivity index (χ1n) is 5.32. The molecule has 1 aromatic rings. The second-order valence-electron chi connectivity index (χ2n) is 3.71. The zero-order valence-electron chi connectivity index (χ0n) is 9.43. The minimum absolute atomic E-state index is 0.0480. The molecular formula is C12H13NO3S. The maximum absolute atomic E-state index is 11.8. The number of amides is 1. The summed E-state index contributed by atoms with van der Waals surface area (Å²) >= 11 is 1.27. The quantitative estimate of drug-likeness (QED) is 0.883. The Hall–Kier alpha value is -1.49. The van der Waals surface area contributed by atoms with Crippen molar-refractivity contribution in [3.63, 3.8) is 0 Å². The fraction of sp³-hybridized carbons (Fsp3) is 0.333. The summed E-state index contributed by atoms with van der Waals surface area (Å²) in [7, 11) is 1.57. The number of nitrogens with one attached hydrogen (secondary N) is 1. The lowest BCUT2D eigenvalue weighted by Gasteiger charge is -2.10. The van der Waals surface area contributed by atoms with Crippen LogP contribution in [0.2, 0.25) is 0 Å². The van der Waals surface area contributed by atoms with Gasteiger partial charge in [-0.25, -0.2) is 0 Å². The van der Waals surface area contributed by atoms with E-state index in [0.29, 0.717) is 17.7 Å². The Bertz CT molecular complexity index is 430. The summed E-state index contributed by atoms with van der Waals surface area (Å²) in [5.41, 5.74) is 0.538. The van der Waals surface area contributed by atoms with Gasteiger partial charge >= 0.3 is 0 Å². The highest BCUT2D eigenvalue weighted by Crippen LogP contribution is 2.20. The Morgan fingerprint density at radius 3 is 2.65 bits per heavy atom. The first-order chi connectivity index (χ1) is 8.20. The highest BCUT2D eigenvalue weighted by molar-refractivity contribution is 8.14. The van der Waals surface area contributed by atoms with Crippen molar-refractivity contribution < 1.29 is 14.3 Å². The Labute approximate surface area is 104 Å². The molecule has 1 aromatic carbocycles. The summed E-state index contributed by atoms with van der Waals surface area (Å²) in [5.74, 6) is 1.27. The van der Waals surface area contributed by atoms with Gasteiger partial charge in [-0.15, -0.1) is 0 Å². The summed E-state index contributed by atoms with van der Waals surface area (Å²) < 4.78 is 5.01. The fourth-order valence-electron chi connectivity index (χ4n) is 1.61. The molecule has 0 aliphatic carbocycles. The number of carbonyl (C=O) groups excluding carboxylic acids is 2. The molecule has 0 unspecified atom stereocenters. The molecule has 1 N–H and O–H groups in total. The van der Waals surface area contributed by atoms with Crippen LogP contribution in [-0.2, 0) is 4.79 Å². The van der Waals surface area contributed by atoms with E-state index in [2.05, 4.69) is 5.32 Å². The van der Waals surface area contributed by atoms with Gasteiger partial charge in [-0.05, 0) is 30.7 Å². The van der Waals surface area contributed by atoms with Crippen molar-refractivity contribution in [1.82, 2.24) is 5.32 Å². The van der Waals surface area contributed by atoms with Gasteiger partial charge in [0.1, 0.15) is 5.75 Å². The average Bonchev–Trinajstić information content (AvgIpc) is 2.75. The molecular weight excluding hydrogens is 238 g/mol. The van der Waals surface area contributed by atoms with Crippen molar-refractivity contribution in [1.29, 1.82) is 0 Å². The standard InChI is InChI=1S/C12H13NO3S/c1-16-9-4-2-8(3-5-9)11(14)13-10-6-7-17-12(10)15/h2-5,10H,6-7H2,1H3,(H,13,14)/t10-/m0/s1. The number of benzene rings is 1. The molecule has 1 saturated heterocycles. The number of thioether (sulfide) groups is 1. The van der Waals surface area contributed by atoms with E-state index in [1.54, 1.807) is 31.4 Å². The van der Waals surface area contributed by atoms with Crippen molar-refractivity contribution in [2.75, 3.05) is 12.9 Å². The van der Waals surface area contributed by atoms with Crippen LogP contribution < -0.4 is 10.1 Å². The molecule has 0 bridgehead atoms. The monoisotopic (exact) mass is 251 g/mol. The molecule has 1 fully saturated rings. The van der Waals surface area contributed by atoms with Crippen LogP contribution in [0, 0.1) is 0 Å². The molecule has 0 radical (unpaired) electrons. The van der Waals surface area contributed by atoms with Crippen molar-refractivity contribution >= 4 is 22.8 Å². The van der Waals surface area contributed by atoms with Crippen LogP contribution in [0.5, 0.6) is 5.75 Å². The Morgan fingerprint density at radius 1 is 1.41 bits per heavy atom. The highest BCUT2D eigenvalue weighted by Gasteiger charge is 2.26. The van der Waals surface area contributed by atoms with Crippen LogP contribution in [0.15, 0.2) is 24.3 Å². The van der Waals surface area contributed by atoms with Crippen LogP contribution in [-0.4, -0.2) is 29.9 Å². The third kappa shape index (κ3) is 2.79. The van der Waals surface area contributed by atoms with Crippen molar-refractivity contribution in [2.24, 2.45) is 0 Å². The van der Waals surface area contributed by atoms with E-state index in [0.717, 1.165) is 5.75 Å². The van der Waals surface area contributed by atoms with E-state index in [4.69, 9.17) is 4.74 Å². The van der Waals surface area contributed by atoms with Crippen LogP contribution in [0.25, 0.3) is 0 Å². The molecule has 2 rings (SSSR count). The zero-order chi connectivity index (χ0) is 12.3. The molecule has 90 valence electrons. The zero-order valence-corrected chi connectivity index (χ0v) is 10.3. The molecule has 4 nitrogen and oxygen atoms in total. The Morgan fingerprint density at radius 2 is 2.12 bits per heavy atom. The lowest BCUT2D eigenvalue weighted by Crippen LogP contribution is -2.37. The van der Waals surface area contributed by atoms with Crippen LogP contribution >= 0.6 is 11.8 Å². The first-order valence-corrected chi connectivity index (χ1v) is 6.31. The summed E-state index contributed by atoms with van der Waals surface area (Å²) in [6.45, 7) is 0. The molecule has 17 heavy (non-hydrogen) atoms. The number of methoxy groups -OCH3 is 1. The number of ether oxygens (including phenoxy) is 1. The van der Waals surface area contributed by atoms with Gasteiger partial charge < -0.3 is 10.1 Å². The van der Waals surface area contributed by atoms with Crippen LogP contribution in [0.3, 0.4) is 0 Å². The summed E-state index contributed by atoms with van der Waals surface area (Å²) in [6.07, 6.45) is 0.714. The van der Waals surface area contributed by atoms with E-state index in [1.165, 1.54) is 11.8 Å². The molecule has 1 aliphatic rings. The van der Waals surface area contributed by atoms with E-state index >= 15 is 0 Å². The first kappa shape index (κ1) is 12.0. The third-order valence-electron chi connectivity index (χ3n) is 2.59. The van der Waals surface area contributed by atoms with Crippen LogP contribution in [0.1, 0.15) is 16.8 Å². The SMILES string of the molecule is COc1ccc(C(=O)N[C@H]2CCSC2=O)cc1. The van der Waals surface area contributed by atoms with Gasteiger partial charge in [-0.1, -0.05) is 11.8 Å². The number of hydrogen-bond donors (Lipinski definition) is 1. The van der Waals surface area contributed by atoms with Gasteiger partial charge in [0.15, 0.2) is 0 Å². The fourth-order valence-corrected chi connectivity index (χ4v) is 2.54. The Kier molecular flexibility index (Phi) is 3.68. The van der Waals surface area contributed by atoms with Gasteiger partial charge in [0, 0.05) is 11.3 Å². The molecule has 0 saturated carbocycles. The van der Waals surface area contributed by atoms with E-state index in [9.17, 15) is 9.59 Å². The molecule has 1 heterocycles. The Balaban J connectivity index is 2.01. The van der Waals surface area contributed by atoms with Crippen molar-refractivity contribution in [3.05, 3.63) is 29.8 Å². The maximum Gasteiger partial charge on any atom is 0.251 e. The van der Waals surface area contributed by atoms with Crippen molar-refractivity contribution in [3.8, 4) is 5.75 Å². The lowest BCUT2D eigenvalue weighted by molar-refractivity contribution is -0.112. The van der Waals surface area contributed by atoms with Gasteiger partial charge in [0.25, 0.3) is 5.91 Å². The van der Waals surface area contributed by atoms with E-state index in [-0.39, 0.29) is 17.1 Å². The third-order valence-corrected chi connectivity index (χ3v) is 3.60. The number of carbonyl (C=O) groups is 2. The molecule has 1 aliphatic heterocycles. The molecule has 1 amide bonds. The van der Waals surface area contributed by atoms with Crippen LogP contribution in [0.4, 0.5) is 0 Å². The van der Waals surface area contributed by atoms with Gasteiger partial charge in [-0.2, -0.15) is 0 Å². The number of rotatable bonds is 3. The average molecular weight is 251 g/mol. The second-order valence-corrected chi connectivity index (χ2v) is 4.81. The smallest absolute Gasteiger partial charge is 0.251 e. The second kappa shape index (κ2) is 5.23. The van der Waals surface area contributed by atoms with E-state index < -0.39 is 0 Å². The summed E-state index contributed by atoms with van der Waals surface area (Å²) in [5, 5.41) is 2.78. The van der Waals surface area contributed by atoms with Crippen molar-refractivity contribution in [2.45, 2.75) is 12.5 Å². The minimum Gasteiger partial charge on any atom is -0.497 e. The molecule has 5 heteroatoms. The largest absolute Gasteiger partial charge is 0.497 e. The highest BCUT2D eigenvalue weighted by atomic mass is 32.2.